The summed E-state index contributed by atoms with van der Waals surface area (Å²) in [4.78, 5) is 14.2. The highest BCUT2D eigenvalue weighted by atomic mass is 16.5. The highest BCUT2D eigenvalue weighted by Crippen LogP contribution is 2.18. The molecule has 1 heterocycles. The van der Waals surface area contributed by atoms with Crippen LogP contribution in [0.15, 0.2) is 54.6 Å². The van der Waals surface area contributed by atoms with Gasteiger partial charge in [0.1, 0.15) is 0 Å². The van der Waals surface area contributed by atoms with Crippen molar-refractivity contribution >= 4 is 11.7 Å². The van der Waals surface area contributed by atoms with E-state index in [0.717, 1.165) is 25.1 Å². The van der Waals surface area contributed by atoms with Gasteiger partial charge in [0.15, 0.2) is 0 Å². The van der Waals surface area contributed by atoms with Gasteiger partial charge < -0.3 is 15.0 Å². The molecule has 2 aromatic rings. The van der Waals surface area contributed by atoms with Gasteiger partial charge in [-0.25, -0.2) is 4.79 Å². The van der Waals surface area contributed by atoms with Crippen molar-refractivity contribution in [1.82, 2.24) is 4.90 Å². The van der Waals surface area contributed by atoms with Crippen molar-refractivity contribution in [3.8, 4) is 0 Å². The van der Waals surface area contributed by atoms with Crippen molar-refractivity contribution < 1.29 is 9.53 Å². The molecule has 1 unspecified atom stereocenters. The van der Waals surface area contributed by atoms with Gasteiger partial charge in [0.05, 0.1) is 12.7 Å². The van der Waals surface area contributed by atoms with E-state index in [1.807, 2.05) is 47.4 Å². The summed E-state index contributed by atoms with van der Waals surface area (Å²) >= 11 is 0. The molecule has 1 saturated heterocycles. The van der Waals surface area contributed by atoms with Crippen LogP contribution < -0.4 is 5.32 Å². The van der Waals surface area contributed by atoms with Crippen LogP contribution in [-0.2, 0) is 11.3 Å². The maximum Gasteiger partial charge on any atom is 0.321 e. The molecule has 0 spiro atoms. The van der Waals surface area contributed by atoms with Crippen LogP contribution >= 0.6 is 0 Å². The van der Waals surface area contributed by atoms with Crippen LogP contribution in [-0.4, -0.2) is 30.1 Å². The van der Waals surface area contributed by atoms with Crippen LogP contribution in [0, 0.1) is 6.92 Å². The van der Waals surface area contributed by atoms with E-state index >= 15 is 0 Å². The summed E-state index contributed by atoms with van der Waals surface area (Å²) in [5, 5.41) is 2.95. The first-order valence-corrected chi connectivity index (χ1v) is 8.49. The Bertz CT molecular complexity index is 672. The average Bonchev–Trinajstić information content (AvgIpc) is 2.62. The molecule has 1 fully saturated rings. The summed E-state index contributed by atoms with van der Waals surface area (Å²) in [6, 6.07) is 17.8. The van der Waals surface area contributed by atoms with E-state index in [0.29, 0.717) is 13.2 Å². The van der Waals surface area contributed by atoms with Crippen LogP contribution in [0.4, 0.5) is 10.5 Å². The number of aryl methyl sites for hydroxylation is 1. The van der Waals surface area contributed by atoms with Crippen LogP contribution in [0.1, 0.15) is 24.0 Å². The Kier molecular flexibility index (Phi) is 5.49. The number of rotatable bonds is 4. The average molecular weight is 324 g/mol. The van der Waals surface area contributed by atoms with E-state index < -0.39 is 0 Å². The normalized spacial score (nSPS) is 17.5. The Labute approximate surface area is 143 Å². The fraction of sp³-hybridized carbons (Fsp3) is 0.350. The van der Waals surface area contributed by atoms with E-state index in [9.17, 15) is 4.79 Å². The van der Waals surface area contributed by atoms with E-state index in [4.69, 9.17) is 4.74 Å². The number of ether oxygens (including phenoxy) is 1. The second-order valence-corrected chi connectivity index (χ2v) is 6.24. The van der Waals surface area contributed by atoms with Crippen molar-refractivity contribution in [3.05, 3.63) is 65.7 Å². The Morgan fingerprint density at radius 3 is 2.71 bits per heavy atom. The number of urea groups is 1. The molecule has 1 atom stereocenters. The van der Waals surface area contributed by atoms with Gasteiger partial charge in [-0.1, -0.05) is 42.5 Å². The summed E-state index contributed by atoms with van der Waals surface area (Å²) in [5.41, 5.74) is 3.28. The zero-order chi connectivity index (χ0) is 16.8. The fourth-order valence-electron chi connectivity index (χ4n) is 2.96. The quantitative estimate of drug-likeness (QED) is 0.915. The second kappa shape index (κ2) is 7.97. The predicted molar refractivity (Wildman–Crippen MR) is 96.0 cm³/mol. The molecule has 0 bridgehead atoms. The minimum Gasteiger partial charge on any atom is -0.372 e. The van der Waals surface area contributed by atoms with Gasteiger partial charge in [-0.05, 0) is 43.0 Å². The number of nitrogens with one attached hydrogen (secondary N) is 1. The molecule has 1 N–H and O–H groups in total. The number of hydrogen-bond donors (Lipinski definition) is 1. The van der Waals surface area contributed by atoms with Gasteiger partial charge in [-0.3, -0.25) is 0 Å². The standard InChI is InChI=1S/C20H24N2O2/c1-16-8-5-6-9-17(16)15-24-19-12-7-13-22(14-19)20(23)21-18-10-3-2-4-11-18/h2-6,8-11,19H,7,12-15H2,1H3,(H,21,23). The van der Waals surface area contributed by atoms with E-state index in [-0.39, 0.29) is 12.1 Å². The number of amides is 2. The molecule has 1 aliphatic rings. The molecule has 2 aromatic carbocycles. The second-order valence-electron chi connectivity index (χ2n) is 6.24. The monoisotopic (exact) mass is 324 g/mol. The summed E-state index contributed by atoms with van der Waals surface area (Å²) in [5.74, 6) is 0. The first-order valence-electron chi connectivity index (χ1n) is 8.49. The number of nitrogens with zero attached hydrogens (tertiary/aromatic N) is 1. The number of carbonyl (C=O) groups excluding carboxylic acids is 1. The number of para-hydroxylation sites is 1. The third kappa shape index (κ3) is 4.36. The highest BCUT2D eigenvalue weighted by Gasteiger charge is 2.24. The fourth-order valence-corrected chi connectivity index (χ4v) is 2.96. The summed E-state index contributed by atoms with van der Waals surface area (Å²) < 4.78 is 6.06. The van der Waals surface area contributed by atoms with Crippen LogP contribution in [0.2, 0.25) is 0 Å². The first kappa shape index (κ1) is 16.5. The third-order valence-electron chi connectivity index (χ3n) is 4.43. The third-order valence-corrected chi connectivity index (χ3v) is 4.43. The topological polar surface area (TPSA) is 41.6 Å². The van der Waals surface area contributed by atoms with Crippen molar-refractivity contribution in [2.75, 3.05) is 18.4 Å². The number of benzene rings is 2. The van der Waals surface area contributed by atoms with Crippen molar-refractivity contribution in [2.24, 2.45) is 0 Å². The lowest BCUT2D eigenvalue weighted by Crippen LogP contribution is -2.45. The first-order chi connectivity index (χ1) is 11.7. The van der Waals surface area contributed by atoms with E-state index in [1.165, 1.54) is 11.1 Å². The van der Waals surface area contributed by atoms with E-state index in [1.54, 1.807) is 0 Å². The molecule has 0 radical (unpaired) electrons. The molecule has 24 heavy (non-hydrogen) atoms. The number of piperidine rings is 1. The van der Waals surface area contributed by atoms with Crippen molar-refractivity contribution in [2.45, 2.75) is 32.5 Å². The van der Waals surface area contributed by atoms with Gasteiger partial charge in [0.25, 0.3) is 0 Å². The van der Waals surface area contributed by atoms with Crippen LogP contribution in [0.3, 0.4) is 0 Å². The molecule has 1 aliphatic heterocycles. The smallest absolute Gasteiger partial charge is 0.321 e. The number of carbonyl (C=O) groups is 1. The lowest BCUT2D eigenvalue weighted by molar-refractivity contribution is 0.000830. The van der Waals surface area contributed by atoms with Crippen LogP contribution in [0.25, 0.3) is 0 Å². The summed E-state index contributed by atoms with van der Waals surface area (Å²) in [6.45, 7) is 4.12. The number of likely N-dealkylation sites (tertiary alicyclic amines) is 1. The molecule has 126 valence electrons. The molecule has 0 saturated carbocycles. The van der Waals surface area contributed by atoms with Crippen molar-refractivity contribution in [1.29, 1.82) is 0 Å². The molecule has 3 rings (SSSR count). The van der Waals surface area contributed by atoms with Crippen molar-refractivity contribution in [3.63, 3.8) is 0 Å². The zero-order valence-corrected chi connectivity index (χ0v) is 14.1. The lowest BCUT2D eigenvalue weighted by atomic mass is 10.1. The largest absolute Gasteiger partial charge is 0.372 e. The van der Waals surface area contributed by atoms with Gasteiger partial charge in [-0.15, -0.1) is 0 Å². The maximum atomic E-state index is 12.4. The molecule has 0 aromatic heterocycles. The minimum atomic E-state index is -0.0506. The lowest BCUT2D eigenvalue weighted by Gasteiger charge is -2.32. The Hall–Kier alpha value is -2.33. The molecular weight excluding hydrogens is 300 g/mol. The Morgan fingerprint density at radius 1 is 1.17 bits per heavy atom. The van der Waals surface area contributed by atoms with E-state index in [2.05, 4.69) is 24.4 Å². The molecular formula is C20H24N2O2. The molecule has 0 aliphatic carbocycles. The van der Waals surface area contributed by atoms with Gasteiger partial charge in [0.2, 0.25) is 0 Å². The van der Waals surface area contributed by atoms with Gasteiger partial charge in [-0.2, -0.15) is 0 Å². The highest BCUT2D eigenvalue weighted by molar-refractivity contribution is 5.89. The maximum absolute atomic E-state index is 12.4. The predicted octanol–water partition coefficient (Wildman–Crippen LogP) is 4.21. The molecule has 4 nitrogen and oxygen atoms in total. The number of anilines is 1. The van der Waals surface area contributed by atoms with Gasteiger partial charge in [0, 0.05) is 18.8 Å². The zero-order valence-electron chi connectivity index (χ0n) is 14.1. The number of hydrogen-bond acceptors (Lipinski definition) is 2. The summed E-state index contributed by atoms with van der Waals surface area (Å²) in [6.07, 6.45) is 2.07. The molecule has 2 amide bonds. The summed E-state index contributed by atoms with van der Waals surface area (Å²) in [7, 11) is 0. The minimum absolute atomic E-state index is 0.0506. The Balaban J connectivity index is 1.52. The SMILES string of the molecule is Cc1ccccc1COC1CCCN(C(=O)Nc2ccccc2)C1. The molecule has 4 heteroatoms. The Morgan fingerprint density at radius 2 is 1.92 bits per heavy atom. The van der Waals surface area contributed by atoms with Crippen LogP contribution in [0.5, 0.6) is 0 Å². The van der Waals surface area contributed by atoms with Gasteiger partial charge >= 0.3 is 6.03 Å².